The number of halogens is 1. The number of anilines is 2. The van der Waals surface area contributed by atoms with E-state index >= 15 is 0 Å². The number of aromatic nitrogens is 1. The standard InChI is InChI=1S/C22H21FN4O2/c1-14-8-9-16(22(29)26-13-17-6-4-10-25-21(17)24)11-19(14)27-20(28)12-15-5-2-3-7-18(15)23/h2-11H,12-13H2,1H3,(H2,24,25)(H,26,29)(H,27,28). The lowest BCUT2D eigenvalue weighted by molar-refractivity contribution is -0.115. The van der Waals surface area contributed by atoms with Gasteiger partial charge in [0.1, 0.15) is 11.6 Å². The zero-order valence-electron chi connectivity index (χ0n) is 15.9. The molecule has 29 heavy (non-hydrogen) atoms. The van der Waals surface area contributed by atoms with Crippen LogP contribution >= 0.6 is 0 Å². The van der Waals surface area contributed by atoms with Crippen LogP contribution in [0.2, 0.25) is 0 Å². The maximum atomic E-state index is 13.7. The molecule has 3 rings (SSSR count). The fourth-order valence-electron chi connectivity index (χ4n) is 2.78. The number of nitrogens with zero attached hydrogens (tertiary/aromatic N) is 1. The fourth-order valence-corrected chi connectivity index (χ4v) is 2.78. The Bertz CT molecular complexity index is 1050. The molecule has 4 N–H and O–H groups in total. The van der Waals surface area contributed by atoms with Gasteiger partial charge in [-0.25, -0.2) is 9.37 Å². The maximum absolute atomic E-state index is 13.7. The normalized spacial score (nSPS) is 10.4. The molecule has 7 heteroatoms. The molecule has 1 aromatic heterocycles. The predicted octanol–water partition coefficient (Wildman–Crippen LogP) is 3.22. The molecule has 0 spiro atoms. The molecule has 2 aromatic carbocycles. The molecule has 0 aliphatic rings. The molecular weight excluding hydrogens is 371 g/mol. The average molecular weight is 392 g/mol. The molecule has 0 saturated heterocycles. The van der Waals surface area contributed by atoms with Crippen LogP contribution < -0.4 is 16.4 Å². The summed E-state index contributed by atoms with van der Waals surface area (Å²) in [5.41, 5.74) is 8.49. The van der Waals surface area contributed by atoms with E-state index in [0.717, 1.165) is 5.56 Å². The van der Waals surface area contributed by atoms with Gasteiger partial charge in [-0.05, 0) is 42.3 Å². The number of aryl methyl sites for hydroxylation is 1. The van der Waals surface area contributed by atoms with Crippen molar-refractivity contribution in [3.8, 4) is 0 Å². The van der Waals surface area contributed by atoms with Gasteiger partial charge in [-0.2, -0.15) is 0 Å². The summed E-state index contributed by atoms with van der Waals surface area (Å²) in [5.74, 6) is -0.739. The Morgan fingerprint density at radius 3 is 2.59 bits per heavy atom. The van der Waals surface area contributed by atoms with Crippen LogP contribution in [-0.4, -0.2) is 16.8 Å². The van der Waals surface area contributed by atoms with E-state index in [2.05, 4.69) is 15.6 Å². The molecule has 3 aromatic rings. The van der Waals surface area contributed by atoms with Crippen molar-refractivity contribution in [2.45, 2.75) is 19.9 Å². The topological polar surface area (TPSA) is 97.1 Å². The van der Waals surface area contributed by atoms with Gasteiger partial charge in [0.2, 0.25) is 5.91 Å². The number of nitrogen functional groups attached to an aromatic ring is 1. The number of nitrogens with one attached hydrogen (secondary N) is 2. The van der Waals surface area contributed by atoms with E-state index < -0.39 is 5.82 Å². The fraction of sp³-hybridized carbons (Fsp3) is 0.136. The third-order valence-electron chi connectivity index (χ3n) is 4.45. The van der Waals surface area contributed by atoms with E-state index in [1.54, 1.807) is 54.7 Å². The summed E-state index contributed by atoms with van der Waals surface area (Å²) in [6.07, 6.45) is 1.49. The average Bonchev–Trinajstić information content (AvgIpc) is 2.70. The molecule has 0 fully saturated rings. The Kier molecular flexibility index (Phi) is 6.19. The third-order valence-corrected chi connectivity index (χ3v) is 4.45. The van der Waals surface area contributed by atoms with Gasteiger partial charge < -0.3 is 16.4 Å². The first-order chi connectivity index (χ1) is 13.9. The van der Waals surface area contributed by atoms with Crippen LogP contribution in [0.1, 0.15) is 27.0 Å². The van der Waals surface area contributed by atoms with E-state index in [1.165, 1.54) is 6.07 Å². The van der Waals surface area contributed by atoms with Crippen LogP contribution in [0.4, 0.5) is 15.9 Å². The number of nitrogens with two attached hydrogens (primary N) is 1. The largest absolute Gasteiger partial charge is 0.383 e. The minimum atomic E-state index is -0.429. The van der Waals surface area contributed by atoms with Gasteiger partial charge in [0.15, 0.2) is 0 Å². The van der Waals surface area contributed by atoms with Crippen LogP contribution in [-0.2, 0) is 17.8 Å². The smallest absolute Gasteiger partial charge is 0.251 e. The summed E-state index contributed by atoms with van der Waals surface area (Å²) in [5, 5.41) is 5.53. The summed E-state index contributed by atoms with van der Waals surface area (Å²) >= 11 is 0. The highest BCUT2D eigenvalue weighted by atomic mass is 19.1. The summed E-state index contributed by atoms with van der Waals surface area (Å²) in [7, 11) is 0. The number of rotatable bonds is 6. The molecular formula is C22H21FN4O2. The van der Waals surface area contributed by atoms with E-state index in [1.807, 2.05) is 6.92 Å². The first-order valence-corrected chi connectivity index (χ1v) is 9.05. The van der Waals surface area contributed by atoms with Crippen molar-refractivity contribution < 1.29 is 14.0 Å². The number of pyridine rings is 1. The Labute approximate surface area is 168 Å². The molecule has 2 amide bonds. The van der Waals surface area contributed by atoms with E-state index in [-0.39, 0.29) is 24.8 Å². The number of hydrogen-bond acceptors (Lipinski definition) is 4. The van der Waals surface area contributed by atoms with Crippen LogP contribution in [0, 0.1) is 12.7 Å². The summed E-state index contributed by atoms with van der Waals surface area (Å²) in [6, 6.07) is 14.7. The van der Waals surface area contributed by atoms with Crippen LogP contribution in [0.15, 0.2) is 60.8 Å². The highest BCUT2D eigenvalue weighted by Gasteiger charge is 2.12. The number of carbonyl (C=O) groups excluding carboxylic acids is 2. The monoisotopic (exact) mass is 392 g/mol. The van der Waals surface area contributed by atoms with Crippen molar-refractivity contribution in [3.63, 3.8) is 0 Å². The van der Waals surface area contributed by atoms with Gasteiger partial charge in [0.05, 0.1) is 6.42 Å². The molecule has 0 saturated carbocycles. The van der Waals surface area contributed by atoms with Crippen molar-refractivity contribution in [3.05, 3.63) is 88.9 Å². The Hall–Kier alpha value is -3.74. The lowest BCUT2D eigenvalue weighted by Crippen LogP contribution is -2.24. The molecule has 0 atom stereocenters. The van der Waals surface area contributed by atoms with E-state index in [9.17, 15) is 14.0 Å². The third kappa shape index (κ3) is 5.16. The lowest BCUT2D eigenvalue weighted by Gasteiger charge is -2.12. The van der Waals surface area contributed by atoms with Crippen LogP contribution in [0.25, 0.3) is 0 Å². The molecule has 6 nitrogen and oxygen atoms in total. The van der Waals surface area contributed by atoms with Gasteiger partial charge in [0.25, 0.3) is 5.91 Å². The lowest BCUT2D eigenvalue weighted by atomic mass is 10.1. The van der Waals surface area contributed by atoms with Gasteiger partial charge in [-0.3, -0.25) is 9.59 Å². The van der Waals surface area contributed by atoms with Crippen molar-refractivity contribution in [2.75, 3.05) is 11.1 Å². The van der Waals surface area contributed by atoms with Gasteiger partial charge in [-0.1, -0.05) is 30.3 Å². The SMILES string of the molecule is Cc1ccc(C(=O)NCc2cccnc2N)cc1NC(=O)Cc1ccccc1F. The Balaban J connectivity index is 1.67. The number of carbonyl (C=O) groups is 2. The first kappa shape index (κ1) is 20.0. The minimum Gasteiger partial charge on any atom is -0.383 e. The Morgan fingerprint density at radius 1 is 1.07 bits per heavy atom. The molecule has 0 radical (unpaired) electrons. The highest BCUT2D eigenvalue weighted by molar-refractivity contribution is 5.98. The summed E-state index contributed by atoms with van der Waals surface area (Å²) in [4.78, 5) is 28.8. The van der Waals surface area contributed by atoms with Crippen molar-refractivity contribution >= 4 is 23.3 Å². The van der Waals surface area contributed by atoms with Crippen molar-refractivity contribution in [1.82, 2.24) is 10.3 Å². The zero-order valence-corrected chi connectivity index (χ0v) is 15.9. The Morgan fingerprint density at radius 2 is 1.83 bits per heavy atom. The number of amides is 2. The molecule has 0 bridgehead atoms. The molecule has 148 valence electrons. The van der Waals surface area contributed by atoms with Crippen LogP contribution in [0.5, 0.6) is 0 Å². The summed E-state index contributed by atoms with van der Waals surface area (Å²) < 4.78 is 13.7. The quantitative estimate of drug-likeness (QED) is 0.600. The minimum absolute atomic E-state index is 0.0944. The maximum Gasteiger partial charge on any atom is 0.251 e. The first-order valence-electron chi connectivity index (χ1n) is 9.05. The second-order valence-corrected chi connectivity index (χ2v) is 6.58. The van der Waals surface area contributed by atoms with Gasteiger partial charge in [0, 0.05) is 29.6 Å². The van der Waals surface area contributed by atoms with Gasteiger partial charge in [-0.15, -0.1) is 0 Å². The van der Waals surface area contributed by atoms with Crippen molar-refractivity contribution in [1.29, 1.82) is 0 Å². The highest BCUT2D eigenvalue weighted by Crippen LogP contribution is 2.18. The summed E-state index contributed by atoms with van der Waals surface area (Å²) in [6.45, 7) is 2.05. The number of benzene rings is 2. The number of hydrogen-bond donors (Lipinski definition) is 3. The van der Waals surface area contributed by atoms with Crippen LogP contribution in [0.3, 0.4) is 0 Å². The molecule has 0 unspecified atom stereocenters. The second-order valence-electron chi connectivity index (χ2n) is 6.58. The molecule has 1 heterocycles. The van der Waals surface area contributed by atoms with E-state index in [4.69, 9.17) is 5.73 Å². The van der Waals surface area contributed by atoms with Gasteiger partial charge >= 0.3 is 0 Å². The predicted molar refractivity (Wildman–Crippen MR) is 110 cm³/mol. The van der Waals surface area contributed by atoms with E-state index in [0.29, 0.717) is 28.2 Å². The molecule has 0 aliphatic carbocycles. The zero-order chi connectivity index (χ0) is 20.8. The van der Waals surface area contributed by atoms with Crippen molar-refractivity contribution in [2.24, 2.45) is 0 Å². The molecule has 0 aliphatic heterocycles. The second kappa shape index (κ2) is 8.97.